The van der Waals surface area contributed by atoms with Gasteiger partial charge in [-0.25, -0.2) is 0 Å². The number of thiazole rings is 1. The summed E-state index contributed by atoms with van der Waals surface area (Å²) >= 11 is 1.56. The highest BCUT2D eigenvalue weighted by molar-refractivity contribution is 7.18. The van der Waals surface area contributed by atoms with Crippen LogP contribution in [0.4, 0.5) is 5.69 Å². The summed E-state index contributed by atoms with van der Waals surface area (Å²) in [7, 11) is 3.80. The monoisotopic (exact) mass is 437 g/mol. The third-order valence-electron chi connectivity index (χ3n) is 5.59. The molecule has 1 N–H and O–H groups in total. The highest BCUT2D eigenvalue weighted by Gasteiger charge is 2.37. The number of carbonyl (C=O) groups excluding carboxylic acids is 1. The van der Waals surface area contributed by atoms with Crippen LogP contribution >= 0.6 is 11.3 Å². The molecule has 1 aromatic heterocycles. The van der Waals surface area contributed by atoms with Crippen molar-refractivity contribution in [2.45, 2.75) is 0 Å². The molecule has 0 saturated carbocycles. The minimum absolute atomic E-state index is 0.0182. The summed E-state index contributed by atoms with van der Waals surface area (Å²) in [6.07, 6.45) is 3.42. The Hall–Kier alpha value is -4.24. The Morgan fingerprint density at radius 2 is 1.94 bits per heavy atom. The van der Waals surface area contributed by atoms with E-state index >= 15 is 0 Å². The first-order valence-electron chi connectivity index (χ1n) is 9.84. The molecule has 32 heavy (non-hydrogen) atoms. The van der Waals surface area contributed by atoms with Crippen LogP contribution in [0.5, 0.6) is 5.75 Å². The van der Waals surface area contributed by atoms with E-state index in [1.54, 1.807) is 23.5 Å². The first-order valence-corrected chi connectivity index (χ1v) is 10.7. The van der Waals surface area contributed by atoms with Crippen molar-refractivity contribution < 1.29 is 14.1 Å². The fraction of sp³-hybridized carbons (Fsp3) is 0.0800. The quantitative estimate of drug-likeness (QED) is 0.290. The maximum absolute atomic E-state index is 13.1. The van der Waals surface area contributed by atoms with Gasteiger partial charge in [-0.1, -0.05) is 35.6 Å². The molecule has 1 aliphatic heterocycles. The Balaban J connectivity index is 1.63. The van der Waals surface area contributed by atoms with E-state index in [9.17, 15) is 10.1 Å². The van der Waals surface area contributed by atoms with Gasteiger partial charge in [-0.3, -0.25) is 10.2 Å². The highest BCUT2D eigenvalue weighted by Crippen LogP contribution is 2.42. The second-order valence-corrected chi connectivity index (χ2v) is 8.43. The third kappa shape index (κ3) is 2.90. The number of rotatable bonds is 3. The van der Waals surface area contributed by atoms with Crippen LogP contribution in [0, 0.1) is 16.7 Å². The molecule has 3 aromatic rings. The number of allylic oxidation sites excluding steroid dienone is 5. The van der Waals surface area contributed by atoms with Crippen molar-refractivity contribution in [2.24, 2.45) is 7.05 Å². The Labute approximate surface area is 188 Å². The van der Waals surface area contributed by atoms with Gasteiger partial charge in [0.1, 0.15) is 23.4 Å². The predicted octanol–water partition coefficient (Wildman–Crippen LogP) is 4.06. The number of fused-ring (bicyclic) bond motifs is 2. The normalized spacial score (nSPS) is 17.3. The molecule has 0 amide bonds. The lowest BCUT2D eigenvalue weighted by molar-refractivity contribution is -0.642. The van der Waals surface area contributed by atoms with Gasteiger partial charge >= 0.3 is 0 Å². The number of nitrogens with zero attached hydrogens (tertiary/aromatic N) is 3. The molecule has 0 atom stereocenters. The van der Waals surface area contributed by atoms with Crippen LogP contribution in [-0.4, -0.2) is 18.7 Å². The van der Waals surface area contributed by atoms with E-state index in [4.69, 9.17) is 10.1 Å². The van der Waals surface area contributed by atoms with E-state index in [2.05, 4.69) is 5.87 Å². The summed E-state index contributed by atoms with van der Waals surface area (Å²) in [4.78, 5) is 15.0. The molecule has 0 fully saturated rings. The van der Waals surface area contributed by atoms with Crippen molar-refractivity contribution in [1.29, 1.82) is 10.7 Å². The van der Waals surface area contributed by atoms with Crippen LogP contribution in [-0.2, 0) is 11.8 Å². The molecule has 5 rings (SSSR count). The lowest BCUT2D eigenvalue weighted by Crippen LogP contribution is -2.30. The van der Waals surface area contributed by atoms with Crippen molar-refractivity contribution in [3.05, 3.63) is 87.8 Å². The maximum atomic E-state index is 13.1. The van der Waals surface area contributed by atoms with E-state index in [0.29, 0.717) is 28.4 Å². The largest absolute Gasteiger partial charge is 0.439 e. The van der Waals surface area contributed by atoms with Gasteiger partial charge in [0.15, 0.2) is 11.5 Å². The van der Waals surface area contributed by atoms with Crippen LogP contribution in [0.1, 0.15) is 5.01 Å². The van der Waals surface area contributed by atoms with Gasteiger partial charge in [0.25, 0.3) is 5.01 Å². The second kappa shape index (κ2) is 7.47. The van der Waals surface area contributed by atoms with E-state index in [0.717, 1.165) is 20.9 Å². The Morgan fingerprint density at radius 1 is 1.19 bits per heavy atom. The molecule has 2 aliphatic rings. The van der Waals surface area contributed by atoms with Crippen LogP contribution in [0.2, 0.25) is 0 Å². The van der Waals surface area contributed by atoms with E-state index in [-0.39, 0.29) is 11.4 Å². The van der Waals surface area contributed by atoms with E-state index < -0.39 is 0 Å². The molecule has 1 aliphatic carbocycles. The van der Waals surface area contributed by atoms with Crippen LogP contribution in [0.25, 0.3) is 16.3 Å². The number of anilines is 1. The van der Waals surface area contributed by atoms with Gasteiger partial charge in [0.2, 0.25) is 11.4 Å². The number of ether oxygens (including phenoxy) is 1. The van der Waals surface area contributed by atoms with Gasteiger partial charge in [-0.2, -0.15) is 9.83 Å². The average molecular weight is 438 g/mol. The summed E-state index contributed by atoms with van der Waals surface area (Å²) in [5.74, 6) is 3.18. The summed E-state index contributed by atoms with van der Waals surface area (Å²) in [6.45, 7) is 0. The van der Waals surface area contributed by atoms with Gasteiger partial charge in [0.05, 0.1) is 5.69 Å². The minimum atomic E-state index is -0.194. The van der Waals surface area contributed by atoms with E-state index in [1.807, 2.05) is 78.2 Å². The highest BCUT2D eigenvalue weighted by atomic mass is 32.1. The van der Waals surface area contributed by atoms with Crippen molar-refractivity contribution in [2.75, 3.05) is 11.9 Å². The molecule has 154 valence electrons. The fourth-order valence-corrected chi connectivity index (χ4v) is 4.98. The lowest BCUT2D eigenvalue weighted by atomic mass is 9.77. The average Bonchev–Trinajstić information content (AvgIpc) is 3.31. The van der Waals surface area contributed by atoms with Gasteiger partial charge in [-0.05, 0) is 24.1 Å². The zero-order valence-electron chi connectivity index (χ0n) is 17.3. The zero-order chi connectivity index (χ0) is 22.4. The number of Topliss-reactive ketones (excluding diaryl/α,β-unsaturated/α-hetero) is 1. The number of para-hydroxylation sites is 3. The van der Waals surface area contributed by atoms with Crippen molar-refractivity contribution in [1.82, 2.24) is 0 Å². The summed E-state index contributed by atoms with van der Waals surface area (Å²) in [5, 5.41) is 18.0. The number of nitriles is 1. The molecular formula is C25H17N4O2S+. The second-order valence-electron chi connectivity index (χ2n) is 7.37. The molecule has 0 radical (unpaired) electrons. The first-order chi connectivity index (χ1) is 15.5. The Morgan fingerprint density at radius 3 is 2.66 bits per heavy atom. The number of aryl methyl sites for hydroxylation is 1. The van der Waals surface area contributed by atoms with Crippen LogP contribution in [0.3, 0.4) is 0 Å². The molecular weight excluding hydrogens is 420 g/mol. The SMILES string of the molecule is CN1/C(=C\C2=C(C(=C=N)C#N)C(=C/c3sc4ccccc4[n+]3C)/C2=O)Oc2ccccc21. The molecule has 6 nitrogen and oxygen atoms in total. The van der Waals surface area contributed by atoms with Crippen LogP contribution < -0.4 is 14.2 Å². The Bertz CT molecular complexity index is 1510. The Kier molecular flexibility index (Phi) is 4.60. The summed E-state index contributed by atoms with van der Waals surface area (Å²) in [6, 6.07) is 17.6. The van der Waals surface area contributed by atoms with Crippen molar-refractivity contribution in [3.63, 3.8) is 0 Å². The number of hydrogen-bond acceptors (Lipinski definition) is 6. The first kappa shape index (κ1) is 19.7. The number of carbonyl (C=O) groups is 1. The standard InChI is InChI=1S/C25H17N4O2S/c1-28-18-7-3-5-9-20(18)31-22(28)11-16-24(15(13-26)14-27)17(25(16)30)12-23-29(2)19-8-4-6-10-21(19)32-23/h3-12,26H,1-2H3/q+1. The predicted molar refractivity (Wildman–Crippen MR) is 123 cm³/mol. The molecule has 0 bridgehead atoms. The lowest BCUT2D eigenvalue weighted by Gasteiger charge is -2.23. The number of hydrogen-bond donors (Lipinski definition) is 1. The molecule has 7 heteroatoms. The van der Waals surface area contributed by atoms with Gasteiger partial charge in [-0.15, -0.1) is 0 Å². The zero-order valence-corrected chi connectivity index (χ0v) is 18.2. The maximum Gasteiger partial charge on any atom is 0.263 e. The summed E-state index contributed by atoms with van der Waals surface area (Å²) < 4.78 is 9.01. The molecule has 2 heterocycles. The third-order valence-corrected chi connectivity index (χ3v) is 6.76. The van der Waals surface area contributed by atoms with Crippen molar-refractivity contribution >= 4 is 45.0 Å². The minimum Gasteiger partial charge on any atom is -0.439 e. The number of ketones is 1. The number of benzene rings is 2. The number of nitrogens with one attached hydrogen (secondary N) is 1. The molecule has 0 saturated heterocycles. The smallest absolute Gasteiger partial charge is 0.263 e. The van der Waals surface area contributed by atoms with Gasteiger partial charge in [0, 0.05) is 42.0 Å². The molecule has 2 aromatic carbocycles. The summed E-state index contributed by atoms with van der Waals surface area (Å²) in [5.41, 5.74) is 3.13. The number of aromatic nitrogens is 1. The topological polar surface area (TPSA) is 81.1 Å². The van der Waals surface area contributed by atoms with Crippen molar-refractivity contribution in [3.8, 4) is 11.8 Å². The van der Waals surface area contributed by atoms with Crippen LogP contribution in [0.15, 0.2) is 82.8 Å². The molecule has 0 spiro atoms. The van der Waals surface area contributed by atoms with E-state index in [1.165, 1.54) is 0 Å². The molecule has 0 unspecified atom stereocenters. The fourth-order valence-electron chi connectivity index (χ4n) is 3.89. The van der Waals surface area contributed by atoms with Gasteiger partial charge < -0.3 is 9.64 Å².